The number of carbonyl (C=O) groups excluding carboxylic acids is 1. The summed E-state index contributed by atoms with van der Waals surface area (Å²) in [6.45, 7) is 0. The Balaban J connectivity index is 2.30. The van der Waals surface area contributed by atoms with E-state index in [-0.39, 0.29) is 24.2 Å². The van der Waals surface area contributed by atoms with Crippen LogP contribution in [0.25, 0.3) is 0 Å². The van der Waals surface area contributed by atoms with Crippen LogP contribution in [0.1, 0.15) is 31.2 Å². The zero-order valence-electron chi connectivity index (χ0n) is 9.70. The van der Waals surface area contributed by atoms with E-state index in [1.165, 1.54) is 19.2 Å². The van der Waals surface area contributed by atoms with Gasteiger partial charge in [0.1, 0.15) is 17.3 Å². The molecule has 0 heterocycles. The van der Waals surface area contributed by atoms with Gasteiger partial charge >= 0.3 is 0 Å². The zero-order valence-corrected chi connectivity index (χ0v) is 9.70. The molecule has 0 spiro atoms. The first-order chi connectivity index (χ1) is 8.05. The quantitative estimate of drug-likeness (QED) is 0.858. The van der Waals surface area contributed by atoms with Crippen LogP contribution in [0.5, 0.6) is 5.75 Å². The predicted octanol–water partition coefficient (Wildman–Crippen LogP) is 2.17. The molecule has 2 rings (SSSR count). The number of benzene rings is 1. The molecule has 1 aromatic rings. The molecule has 0 aliphatic heterocycles. The SMILES string of the molecule is COc1ccc(C2(O)CCC(=O)CC2)c(F)c1. The van der Waals surface area contributed by atoms with E-state index in [2.05, 4.69) is 0 Å². The second kappa shape index (κ2) is 4.45. The van der Waals surface area contributed by atoms with Crippen molar-refractivity contribution in [1.82, 2.24) is 0 Å². The van der Waals surface area contributed by atoms with Crippen LogP contribution >= 0.6 is 0 Å². The third kappa shape index (κ3) is 2.31. The number of ether oxygens (including phenoxy) is 1. The fourth-order valence-corrected chi connectivity index (χ4v) is 2.21. The number of Topliss-reactive ketones (excluding diaryl/α,β-unsaturated/α-hetero) is 1. The van der Waals surface area contributed by atoms with Gasteiger partial charge in [-0.25, -0.2) is 4.39 Å². The Morgan fingerprint density at radius 3 is 2.53 bits per heavy atom. The summed E-state index contributed by atoms with van der Waals surface area (Å²) in [6.07, 6.45) is 1.19. The lowest BCUT2D eigenvalue weighted by Gasteiger charge is -2.32. The number of hydrogen-bond donors (Lipinski definition) is 1. The lowest BCUT2D eigenvalue weighted by Crippen LogP contribution is -2.32. The van der Waals surface area contributed by atoms with Crippen LogP contribution in [0.3, 0.4) is 0 Å². The number of methoxy groups -OCH3 is 1. The largest absolute Gasteiger partial charge is 0.497 e. The van der Waals surface area contributed by atoms with Crippen molar-refractivity contribution in [1.29, 1.82) is 0 Å². The first kappa shape index (κ1) is 12.0. The molecule has 0 bridgehead atoms. The fraction of sp³-hybridized carbons (Fsp3) is 0.462. The summed E-state index contributed by atoms with van der Waals surface area (Å²) < 4.78 is 18.8. The Kier molecular flexibility index (Phi) is 3.15. The van der Waals surface area contributed by atoms with Crippen molar-refractivity contribution in [2.24, 2.45) is 0 Å². The third-order valence-corrected chi connectivity index (χ3v) is 3.31. The maximum Gasteiger partial charge on any atom is 0.133 e. The van der Waals surface area contributed by atoms with E-state index in [9.17, 15) is 14.3 Å². The van der Waals surface area contributed by atoms with Crippen molar-refractivity contribution in [3.8, 4) is 5.75 Å². The Hall–Kier alpha value is -1.42. The second-order valence-corrected chi connectivity index (χ2v) is 4.42. The topological polar surface area (TPSA) is 46.5 Å². The van der Waals surface area contributed by atoms with Crippen LogP contribution in [-0.4, -0.2) is 18.0 Å². The maximum absolute atomic E-state index is 13.8. The van der Waals surface area contributed by atoms with Crippen molar-refractivity contribution < 1.29 is 19.0 Å². The van der Waals surface area contributed by atoms with Gasteiger partial charge in [0.05, 0.1) is 12.7 Å². The number of aliphatic hydroxyl groups is 1. The number of rotatable bonds is 2. The van der Waals surface area contributed by atoms with Crippen molar-refractivity contribution >= 4 is 5.78 Å². The number of hydrogen-bond acceptors (Lipinski definition) is 3. The minimum atomic E-state index is -1.22. The van der Waals surface area contributed by atoms with Crippen LogP contribution in [0.4, 0.5) is 4.39 Å². The monoisotopic (exact) mass is 238 g/mol. The van der Waals surface area contributed by atoms with Gasteiger partial charge in [-0.1, -0.05) is 0 Å². The van der Waals surface area contributed by atoms with Crippen LogP contribution in [0.15, 0.2) is 18.2 Å². The van der Waals surface area contributed by atoms with Gasteiger partial charge in [0, 0.05) is 24.5 Å². The van der Waals surface area contributed by atoms with Gasteiger partial charge in [0.25, 0.3) is 0 Å². The van der Waals surface area contributed by atoms with Gasteiger partial charge in [0.2, 0.25) is 0 Å². The standard InChI is InChI=1S/C13H15FO3/c1-17-10-2-3-11(12(14)8-10)13(16)6-4-9(15)5-7-13/h2-3,8,16H,4-7H2,1H3. The summed E-state index contributed by atoms with van der Waals surface area (Å²) in [5.41, 5.74) is -0.963. The molecule has 0 atom stereocenters. The highest BCUT2D eigenvalue weighted by molar-refractivity contribution is 5.79. The van der Waals surface area contributed by atoms with E-state index in [1.54, 1.807) is 6.07 Å². The minimum absolute atomic E-state index is 0.128. The van der Waals surface area contributed by atoms with E-state index < -0.39 is 11.4 Å². The van der Waals surface area contributed by atoms with Gasteiger partial charge in [-0.15, -0.1) is 0 Å². The molecule has 0 unspecified atom stereocenters. The average molecular weight is 238 g/mol. The maximum atomic E-state index is 13.8. The van der Waals surface area contributed by atoms with E-state index in [0.29, 0.717) is 18.6 Å². The molecule has 92 valence electrons. The van der Waals surface area contributed by atoms with Gasteiger partial charge in [-0.2, -0.15) is 0 Å². The molecule has 1 aliphatic rings. The summed E-state index contributed by atoms with van der Waals surface area (Å²) >= 11 is 0. The summed E-state index contributed by atoms with van der Waals surface area (Å²) in [4.78, 5) is 11.1. The number of carbonyl (C=O) groups is 1. The van der Waals surface area contributed by atoms with Gasteiger partial charge in [0.15, 0.2) is 0 Å². The lowest BCUT2D eigenvalue weighted by atomic mass is 9.79. The first-order valence-corrected chi connectivity index (χ1v) is 5.63. The fourth-order valence-electron chi connectivity index (χ4n) is 2.21. The van der Waals surface area contributed by atoms with E-state index in [0.717, 1.165) is 0 Å². The Morgan fingerprint density at radius 1 is 1.35 bits per heavy atom. The van der Waals surface area contributed by atoms with Gasteiger partial charge < -0.3 is 9.84 Å². The molecule has 17 heavy (non-hydrogen) atoms. The van der Waals surface area contributed by atoms with Crippen LogP contribution in [-0.2, 0) is 10.4 Å². The Bertz CT molecular complexity index is 432. The van der Waals surface area contributed by atoms with Gasteiger partial charge in [-0.3, -0.25) is 4.79 Å². The lowest BCUT2D eigenvalue weighted by molar-refractivity contribution is -0.125. The highest BCUT2D eigenvalue weighted by Crippen LogP contribution is 2.37. The molecular formula is C13H15FO3. The number of ketones is 1. The molecule has 1 aromatic carbocycles. The highest BCUT2D eigenvalue weighted by Gasteiger charge is 2.36. The molecule has 0 aromatic heterocycles. The second-order valence-electron chi connectivity index (χ2n) is 4.42. The molecule has 1 N–H and O–H groups in total. The Labute approximate surface area is 99.2 Å². The smallest absolute Gasteiger partial charge is 0.133 e. The van der Waals surface area contributed by atoms with E-state index >= 15 is 0 Å². The van der Waals surface area contributed by atoms with E-state index in [4.69, 9.17) is 4.74 Å². The predicted molar refractivity (Wildman–Crippen MR) is 60.3 cm³/mol. The van der Waals surface area contributed by atoms with Crippen molar-refractivity contribution in [3.05, 3.63) is 29.6 Å². The molecule has 4 heteroatoms. The molecular weight excluding hydrogens is 223 g/mol. The third-order valence-electron chi connectivity index (χ3n) is 3.31. The molecule has 1 saturated carbocycles. The summed E-state index contributed by atoms with van der Waals surface area (Å²) in [6, 6.07) is 4.40. The molecule has 1 fully saturated rings. The highest BCUT2D eigenvalue weighted by atomic mass is 19.1. The average Bonchev–Trinajstić information content (AvgIpc) is 2.33. The van der Waals surface area contributed by atoms with Crippen molar-refractivity contribution in [3.63, 3.8) is 0 Å². The normalized spacial score (nSPS) is 19.1. The van der Waals surface area contributed by atoms with Crippen LogP contribution < -0.4 is 4.74 Å². The molecule has 0 saturated heterocycles. The molecule has 3 nitrogen and oxygen atoms in total. The van der Waals surface area contributed by atoms with Crippen molar-refractivity contribution in [2.75, 3.05) is 7.11 Å². The van der Waals surface area contributed by atoms with Crippen LogP contribution in [0.2, 0.25) is 0 Å². The number of halogens is 1. The van der Waals surface area contributed by atoms with E-state index in [1.807, 2.05) is 0 Å². The molecule has 0 amide bonds. The molecule has 0 radical (unpaired) electrons. The molecule has 1 aliphatic carbocycles. The van der Waals surface area contributed by atoms with Gasteiger partial charge in [-0.05, 0) is 25.0 Å². The zero-order chi connectivity index (χ0) is 12.5. The summed E-state index contributed by atoms with van der Waals surface area (Å²) in [5, 5.41) is 10.4. The van der Waals surface area contributed by atoms with Crippen molar-refractivity contribution in [2.45, 2.75) is 31.3 Å². The summed E-state index contributed by atoms with van der Waals surface area (Å²) in [7, 11) is 1.46. The summed E-state index contributed by atoms with van der Waals surface area (Å²) in [5.74, 6) is 0.0616. The first-order valence-electron chi connectivity index (χ1n) is 5.63. The minimum Gasteiger partial charge on any atom is -0.497 e. The van der Waals surface area contributed by atoms with Crippen LogP contribution in [0, 0.1) is 5.82 Å². The Morgan fingerprint density at radius 2 is 2.00 bits per heavy atom.